The van der Waals surface area contributed by atoms with Crippen molar-refractivity contribution in [2.24, 2.45) is 5.92 Å². The lowest BCUT2D eigenvalue weighted by atomic mass is 10.1. The summed E-state index contributed by atoms with van der Waals surface area (Å²) in [7, 11) is -3.73. The molecule has 0 amide bonds. The molecule has 142 valence electrons. The number of hydrogen-bond donors (Lipinski definition) is 0. The first-order valence-corrected chi connectivity index (χ1v) is 11.4. The average Bonchev–Trinajstić information content (AvgIpc) is 2.82. The van der Waals surface area contributed by atoms with Gasteiger partial charge in [0.15, 0.2) is 5.89 Å². The maximum absolute atomic E-state index is 13.2. The van der Waals surface area contributed by atoms with Gasteiger partial charge in [0.25, 0.3) is 0 Å². The van der Waals surface area contributed by atoms with E-state index in [0.717, 1.165) is 43.2 Å². The molecule has 2 aromatic rings. The second-order valence-corrected chi connectivity index (χ2v) is 9.96. The number of hydrogen-bond acceptors (Lipinski definition) is 5. The van der Waals surface area contributed by atoms with Crippen LogP contribution in [0.2, 0.25) is 0 Å². The topological polar surface area (TPSA) is 63.4 Å². The summed E-state index contributed by atoms with van der Waals surface area (Å²) >= 11 is 3.35. The molecule has 7 heteroatoms. The first kappa shape index (κ1) is 19.4. The van der Waals surface area contributed by atoms with Crippen LogP contribution >= 0.6 is 15.9 Å². The van der Waals surface area contributed by atoms with E-state index in [-0.39, 0.29) is 9.92 Å². The van der Waals surface area contributed by atoms with Crippen LogP contribution in [0.1, 0.15) is 45.4 Å². The van der Waals surface area contributed by atoms with Crippen LogP contribution in [0.5, 0.6) is 0 Å². The Balaban J connectivity index is 2.05. The number of oxazole rings is 1. The zero-order chi connectivity index (χ0) is 18.7. The van der Waals surface area contributed by atoms with Crippen molar-refractivity contribution in [3.05, 3.63) is 34.6 Å². The van der Waals surface area contributed by atoms with Gasteiger partial charge in [-0.2, -0.15) is 4.98 Å². The van der Waals surface area contributed by atoms with Crippen LogP contribution in [-0.4, -0.2) is 26.5 Å². The number of nitrogens with zero attached hydrogens (tertiary/aromatic N) is 2. The van der Waals surface area contributed by atoms with Crippen molar-refractivity contribution in [2.75, 3.05) is 18.0 Å². The third kappa shape index (κ3) is 4.31. The van der Waals surface area contributed by atoms with Gasteiger partial charge in [-0.25, -0.2) is 8.42 Å². The molecule has 0 atom stereocenters. The molecular weight excluding hydrogens is 416 g/mol. The predicted octanol–water partition coefficient (Wildman–Crippen LogP) is 4.85. The van der Waals surface area contributed by atoms with Crippen molar-refractivity contribution in [2.45, 2.75) is 55.9 Å². The molecule has 1 saturated heterocycles. The average molecular weight is 441 g/mol. The molecule has 26 heavy (non-hydrogen) atoms. The Morgan fingerprint density at radius 3 is 2.31 bits per heavy atom. The molecule has 0 bridgehead atoms. The van der Waals surface area contributed by atoms with E-state index in [4.69, 9.17) is 4.42 Å². The van der Waals surface area contributed by atoms with Crippen molar-refractivity contribution in [1.82, 2.24) is 4.98 Å². The van der Waals surface area contributed by atoms with Gasteiger partial charge in [-0.3, -0.25) is 0 Å². The molecule has 0 unspecified atom stereocenters. The molecule has 0 N–H and O–H groups in total. The Morgan fingerprint density at radius 2 is 1.73 bits per heavy atom. The second kappa shape index (κ2) is 8.13. The summed E-state index contributed by atoms with van der Waals surface area (Å²) in [6.07, 6.45) is 5.03. The minimum atomic E-state index is -3.73. The van der Waals surface area contributed by atoms with Gasteiger partial charge in [0.2, 0.25) is 20.7 Å². The quantitative estimate of drug-likeness (QED) is 0.664. The molecule has 1 aliphatic heterocycles. The Labute approximate surface area is 163 Å². The third-order valence-electron chi connectivity index (χ3n) is 4.48. The molecule has 1 aliphatic rings. The number of benzene rings is 1. The molecule has 0 saturated carbocycles. The first-order valence-electron chi connectivity index (χ1n) is 9.13. The zero-order valence-corrected chi connectivity index (χ0v) is 17.6. The summed E-state index contributed by atoms with van der Waals surface area (Å²) in [6.45, 7) is 5.75. The Hall–Kier alpha value is -1.34. The first-order chi connectivity index (χ1) is 12.4. The molecule has 0 aliphatic carbocycles. The number of rotatable bonds is 5. The SMILES string of the molecule is CC(C)Cc1nc(S(=O)(=O)c2ccc(Br)cc2)c(N2CCCCCC2)o1. The summed E-state index contributed by atoms with van der Waals surface area (Å²) in [5, 5.41) is 0.0531. The summed E-state index contributed by atoms with van der Waals surface area (Å²) < 4.78 is 33.3. The monoisotopic (exact) mass is 440 g/mol. The van der Waals surface area contributed by atoms with E-state index in [2.05, 4.69) is 39.7 Å². The lowest BCUT2D eigenvalue weighted by Gasteiger charge is -2.20. The summed E-state index contributed by atoms with van der Waals surface area (Å²) in [5.74, 6) is 1.24. The normalized spacial score (nSPS) is 16.1. The fraction of sp³-hybridized carbons (Fsp3) is 0.526. The molecular formula is C19H25BrN2O3S. The maximum atomic E-state index is 13.2. The second-order valence-electron chi connectivity index (χ2n) is 7.17. The summed E-state index contributed by atoms with van der Waals surface area (Å²) in [4.78, 5) is 6.71. The third-order valence-corrected chi connectivity index (χ3v) is 6.67. The standard InChI is InChI=1S/C19H25BrN2O3S/c1-14(2)13-17-21-18(19(25-17)22-11-5-3-4-6-12-22)26(23,24)16-9-7-15(20)8-10-16/h7-10,14H,3-6,11-13H2,1-2H3. The van der Waals surface area contributed by atoms with Gasteiger partial charge >= 0.3 is 0 Å². The number of anilines is 1. The van der Waals surface area contributed by atoms with Crippen LogP contribution in [0.4, 0.5) is 5.88 Å². The highest BCUT2D eigenvalue weighted by Gasteiger charge is 2.31. The summed E-state index contributed by atoms with van der Waals surface area (Å²) in [5.41, 5.74) is 0. The van der Waals surface area contributed by atoms with Gasteiger partial charge in [-0.15, -0.1) is 0 Å². The van der Waals surface area contributed by atoms with Crippen LogP contribution in [0.15, 0.2) is 43.1 Å². The van der Waals surface area contributed by atoms with Crippen LogP contribution in [0.25, 0.3) is 0 Å². The Kier molecular flexibility index (Phi) is 6.07. The molecule has 5 nitrogen and oxygen atoms in total. The van der Waals surface area contributed by atoms with Crippen LogP contribution in [0.3, 0.4) is 0 Å². The van der Waals surface area contributed by atoms with Crippen LogP contribution < -0.4 is 4.90 Å². The zero-order valence-electron chi connectivity index (χ0n) is 15.2. The number of halogens is 1. The van der Waals surface area contributed by atoms with Gasteiger partial charge in [-0.05, 0) is 43.0 Å². The van der Waals surface area contributed by atoms with Crippen LogP contribution in [-0.2, 0) is 16.3 Å². The highest BCUT2D eigenvalue weighted by molar-refractivity contribution is 9.10. The molecule has 0 radical (unpaired) electrons. The van der Waals surface area contributed by atoms with Gasteiger partial charge in [-0.1, -0.05) is 42.6 Å². The van der Waals surface area contributed by atoms with Crippen molar-refractivity contribution in [1.29, 1.82) is 0 Å². The van der Waals surface area contributed by atoms with Gasteiger partial charge in [0.1, 0.15) is 0 Å². The molecule has 0 spiro atoms. The molecule has 1 fully saturated rings. The molecule has 2 heterocycles. The number of sulfone groups is 1. The molecule has 1 aromatic carbocycles. The summed E-state index contributed by atoms with van der Waals surface area (Å²) in [6, 6.07) is 6.66. The van der Waals surface area contributed by atoms with E-state index in [1.807, 2.05) is 0 Å². The van der Waals surface area contributed by atoms with E-state index in [9.17, 15) is 8.42 Å². The van der Waals surface area contributed by atoms with E-state index in [0.29, 0.717) is 24.1 Å². The van der Waals surface area contributed by atoms with Crippen molar-refractivity contribution in [3.8, 4) is 0 Å². The fourth-order valence-corrected chi connectivity index (χ4v) is 4.75. The smallest absolute Gasteiger partial charge is 0.236 e. The van der Waals surface area contributed by atoms with Crippen molar-refractivity contribution >= 4 is 31.7 Å². The largest absolute Gasteiger partial charge is 0.424 e. The fourth-order valence-electron chi connectivity index (χ4n) is 3.15. The van der Waals surface area contributed by atoms with E-state index < -0.39 is 9.84 Å². The Morgan fingerprint density at radius 1 is 1.12 bits per heavy atom. The highest BCUT2D eigenvalue weighted by atomic mass is 79.9. The maximum Gasteiger partial charge on any atom is 0.236 e. The molecule has 3 rings (SSSR count). The minimum absolute atomic E-state index is 0.0531. The van der Waals surface area contributed by atoms with E-state index in [1.165, 1.54) is 0 Å². The lowest BCUT2D eigenvalue weighted by molar-refractivity contribution is 0.452. The van der Waals surface area contributed by atoms with Crippen LogP contribution in [0, 0.1) is 5.92 Å². The van der Waals surface area contributed by atoms with E-state index >= 15 is 0 Å². The lowest BCUT2D eigenvalue weighted by Crippen LogP contribution is -2.25. The molecule has 1 aromatic heterocycles. The van der Waals surface area contributed by atoms with Gasteiger partial charge in [0, 0.05) is 24.0 Å². The van der Waals surface area contributed by atoms with Gasteiger partial charge < -0.3 is 9.32 Å². The predicted molar refractivity (Wildman–Crippen MR) is 105 cm³/mol. The highest BCUT2D eigenvalue weighted by Crippen LogP contribution is 2.33. The Bertz CT molecular complexity index is 836. The van der Waals surface area contributed by atoms with Gasteiger partial charge in [0.05, 0.1) is 4.90 Å². The van der Waals surface area contributed by atoms with Crippen molar-refractivity contribution < 1.29 is 12.8 Å². The number of aromatic nitrogens is 1. The minimum Gasteiger partial charge on any atom is -0.424 e. The van der Waals surface area contributed by atoms with E-state index in [1.54, 1.807) is 24.3 Å². The van der Waals surface area contributed by atoms with Crippen molar-refractivity contribution in [3.63, 3.8) is 0 Å².